The number of nitrogens with zero attached hydrogens (tertiary/aromatic N) is 5. The van der Waals surface area contributed by atoms with Gasteiger partial charge in [0.15, 0.2) is 5.82 Å². The van der Waals surface area contributed by atoms with Gasteiger partial charge in [-0.05, 0) is 32.4 Å². The van der Waals surface area contributed by atoms with Gasteiger partial charge in [-0.25, -0.2) is 0 Å². The van der Waals surface area contributed by atoms with Gasteiger partial charge >= 0.3 is 0 Å². The quantitative estimate of drug-likeness (QED) is 0.823. The van der Waals surface area contributed by atoms with Gasteiger partial charge in [-0.2, -0.15) is 10.4 Å². The molecule has 0 unspecified atom stereocenters. The van der Waals surface area contributed by atoms with Crippen LogP contribution < -0.4 is 4.90 Å². The summed E-state index contributed by atoms with van der Waals surface area (Å²) in [5.41, 5.74) is 2.46. The number of aromatic nitrogens is 2. The molecule has 1 fully saturated rings. The molecule has 1 saturated heterocycles. The molecular weight excluding hydrogens is 238 g/mol. The molecule has 1 aliphatic heterocycles. The summed E-state index contributed by atoms with van der Waals surface area (Å²) < 4.78 is 0. The van der Waals surface area contributed by atoms with Gasteiger partial charge in [-0.1, -0.05) is 6.92 Å². The van der Waals surface area contributed by atoms with E-state index in [9.17, 15) is 5.26 Å². The lowest BCUT2D eigenvalue weighted by Crippen LogP contribution is -2.47. The van der Waals surface area contributed by atoms with Gasteiger partial charge in [0, 0.05) is 26.2 Å². The van der Waals surface area contributed by atoms with Crippen molar-refractivity contribution in [1.82, 2.24) is 15.1 Å². The number of anilines is 1. The van der Waals surface area contributed by atoms with Crippen LogP contribution in [0.3, 0.4) is 0 Å². The van der Waals surface area contributed by atoms with Gasteiger partial charge in [0.25, 0.3) is 0 Å². The van der Waals surface area contributed by atoms with Crippen LogP contribution in [0.2, 0.25) is 0 Å². The molecule has 1 aromatic rings. The van der Waals surface area contributed by atoms with E-state index in [1.54, 1.807) is 0 Å². The first-order valence-corrected chi connectivity index (χ1v) is 6.88. The molecule has 0 amide bonds. The molecule has 0 aliphatic carbocycles. The van der Waals surface area contributed by atoms with E-state index in [1.165, 1.54) is 6.42 Å². The lowest BCUT2D eigenvalue weighted by Gasteiger charge is -2.35. The zero-order valence-corrected chi connectivity index (χ0v) is 12.0. The Morgan fingerprint density at radius 3 is 2.42 bits per heavy atom. The van der Waals surface area contributed by atoms with Gasteiger partial charge in [-0.15, -0.1) is 5.10 Å². The number of hydrogen-bond donors (Lipinski definition) is 0. The predicted octanol–water partition coefficient (Wildman–Crippen LogP) is 1.50. The highest BCUT2D eigenvalue weighted by atomic mass is 15.3. The van der Waals surface area contributed by atoms with E-state index in [4.69, 9.17) is 0 Å². The molecule has 1 aliphatic rings. The number of aryl methyl sites for hydroxylation is 1. The largest absolute Gasteiger partial charge is 0.351 e. The molecule has 19 heavy (non-hydrogen) atoms. The monoisotopic (exact) mass is 259 g/mol. The van der Waals surface area contributed by atoms with Crippen LogP contribution in [-0.4, -0.2) is 47.8 Å². The lowest BCUT2D eigenvalue weighted by atomic mass is 10.1. The molecule has 0 N–H and O–H groups in total. The molecule has 102 valence electrons. The van der Waals surface area contributed by atoms with E-state index in [1.807, 2.05) is 13.8 Å². The zero-order valence-electron chi connectivity index (χ0n) is 12.0. The number of piperazine rings is 1. The van der Waals surface area contributed by atoms with E-state index in [0.29, 0.717) is 5.56 Å². The summed E-state index contributed by atoms with van der Waals surface area (Å²) in [6, 6.07) is 2.28. The van der Waals surface area contributed by atoms with Gasteiger partial charge < -0.3 is 4.90 Å². The molecule has 0 bridgehead atoms. The average molecular weight is 259 g/mol. The Morgan fingerprint density at radius 1 is 1.16 bits per heavy atom. The summed E-state index contributed by atoms with van der Waals surface area (Å²) >= 11 is 0. The molecule has 5 nitrogen and oxygen atoms in total. The molecule has 0 aromatic carbocycles. The van der Waals surface area contributed by atoms with Gasteiger partial charge in [0.2, 0.25) is 0 Å². The molecule has 1 aromatic heterocycles. The van der Waals surface area contributed by atoms with Crippen LogP contribution in [0.25, 0.3) is 0 Å². The highest BCUT2D eigenvalue weighted by molar-refractivity contribution is 5.57. The molecule has 0 saturated carbocycles. The van der Waals surface area contributed by atoms with Crippen molar-refractivity contribution in [3.05, 3.63) is 16.8 Å². The first-order chi connectivity index (χ1) is 9.17. The van der Waals surface area contributed by atoms with E-state index in [2.05, 4.69) is 33.0 Å². The van der Waals surface area contributed by atoms with E-state index in [-0.39, 0.29) is 0 Å². The average Bonchev–Trinajstić information content (AvgIpc) is 2.43. The third kappa shape index (κ3) is 2.85. The fourth-order valence-corrected chi connectivity index (χ4v) is 2.45. The summed E-state index contributed by atoms with van der Waals surface area (Å²) in [6.07, 6.45) is 1.19. The van der Waals surface area contributed by atoms with Crippen LogP contribution in [0.1, 0.15) is 30.2 Å². The van der Waals surface area contributed by atoms with E-state index >= 15 is 0 Å². The Morgan fingerprint density at radius 2 is 1.84 bits per heavy atom. The van der Waals surface area contributed by atoms with Crippen molar-refractivity contribution in [3.63, 3.8) is 0 Å². The Kier molecular flexibility index (Phi) is 4.33. The number of nitriles is 1. The van der Waals surface area contributed by atoms with Crippen molar-refractivity contribution in [3.8, 4) is 6.07 Å². The van der Waals surface area contributed by atoms with Crippen LogP contribution >= 0.6 is 0 Å². The zero-order chi connectivity index (χ0) is 13.8. The van der Waals surface area contributed by atoms with Crippen molar-refractivity contribution < 1.29 is 0 Å². The van der Waals surface area contributed by atoms with Crippen molar-refractivity contribution in [1.29, 1.82) is 5.26 Å². The standard InChI is InChI=1S/C14H21N5/c1-4-5-18-6-8-19(9-7-18)14-13(10-15)11(2)12(3)16-17-14/h4-9H2,1-3H3. The van der Waals surface area contributed by atoms with Crippen molar-refractivity contribution >= 4 is 5.82 Å². The summed E-state index contributed by atoms with van der Waals surface area (Å²) in [7, 11) is 0. The minimum Gasteiger partial charge on any atom is -0.351 e. The SMILES string of the molecule is CCCN1CCN(c2nnc(C)c(C)c2C#N)CC1. The summed E-state index contributed by atoms with van der Waals surface area (Å²) in [4.78, 5) is 4.64. The number of rotatable bonds is 3. The van der Waals surface area contributed by atoms with Crippen LogP contribution in [0.4, 0.5) is 5.82 Å². The second-order valence-corrected chi connectivity index (χ2v) is 5.05. The normalized spacial score (nSPS) is 16.4. The fourth-order valence-electron chi connectivity index (χ4n) is 2.45. The van der Waals surface area contributed by atoms with Gasteiger partial charge in [0.1, 0.15) is 11.6 Å². The first-order valence-electron chi connectivity index (χ1n) is 6.88. The van der Waals surface area contributed by atoms with Crippen LogP contribution in [0.5, 0.6) is 0 Å². The Hall–Kier alpha value is -1.67. The molecule has 0 radical (unpaired) electrons. The van der Waals surface area contributed by atoms with Crippen molar-refractivity contribution in [2.75, 3.05) is 37.6 Å². The third-order valence-electron chi connectivity index (χ3n) is 3.76. The Bertz CT molecular complexity index is 483. The smallest absolute Gasteiger partial charge is 0.169 e. The first kappa shape index (κ1) is 13.8. The topological polar surface area (TPSA) is 56.1 Å². The van der Waals surface area contributed by atoms with Crippen LogP contribution in [0.15, 0.2) is 0 Å². The van der Waals surface area contributed by atoms with Crippen LogP contribution in [0, 0.1) is 25.2 Å². The summed E-state index contributed by atoms with van der Waals surface area (Å²) in [5, 5.41) is 17.7. The summed E-state index contributed by atoms with van der Waals surface area (Å²) in [5.74, 6) is 0.752. The molecular formula is C14H21N5. The second kappa shape index (κ2) is 5.98. The number of hydrogen-bond acceptors (Lipinski definition) is 5. The Balaban J connectivity index is 2.16. The van der Waals surface area contributed by atoms with Gasteiger partial charge in [0.05, 0.1) is 5.69 Å². The highest BCUT2D eigenvalue weighted by Crippen LogP contribution is 2.22. The molecule has 0 spiro atoms. The van der Waals surface area contributed by atoms with E-state index < -0.39 is 0 Å². The molecule has 5 heteroatoms. The maximum absolute atomic E-state index is 9.34. The van der Waals surface area contributed by atoms with Crippen molar-refractivity contribution in [2.24, 2.45) is 0 Å². The summed E-state index contributed by atoms with van der Waals surface area (Å²) in [6.45, 7) is 11.1. The maximum atomic E-state index is 9.34. The lowest BCUT2D eigenvalue weighted by molar-refractivity contribution is 0.257. The predicted molar refractivity (Wildman–Crippen MR) is 75.2 cm³/mol. The minimum atomic E-state index is 0.677. The third-order valence-corrected chi connectivity index (χ3v) is 3.76. The molecule has 2 rings (SSSR count). The molecule has 2 heterocycles. The molecule has 0 atom stereocenters. The van der Waals surface area contributed by atoms with E-state index in [0.717, 1.165) is 49.8 Å². The van der Waals surface area contributed by atoms with Crippen molar-refractivity contribution in [2.45, 2.75) is 27.2 Å². The fraction of sp³-hybridized carbons (Fsp3) is 0.643. The minimum absolute atomic E-state index is 0.677. The Labute approximate surface area is 114 Å². The van der Waals surface area contributed by atoms with Crippen LogP contribution in [-0.2, 0) is 0 Å². The van der Waals surface area contributed by atoms with Gasteiger partial charge in [-0.3, -0.25) is 4.90 Å². The second-order valence-electron chi connectivity index (χ2n) is 5.05. The maximum Gasteiger partial charge on any atom is 0.169 e. The highest BCUT2D eigenvalue weighted by Gasteiger charge is 2.21.